The molecule has 0 unspecified atom stereocenters. The predicted molar refractivity (Wildman–Crippen MR) is 115 cm³/mol. The van der Waals surface area contributed by atoms with Crippen LogP contribution in [0.5, 0.6) is 0 Å². The van der Waals surface area contributed by atoms with E-state index in [4.69, 9.17) is 0 Å². The van der Waals surface area contributed by atoms with Gasteiger partial charge in [-0.05, 0) is 0 Å². The van der Waals surface area contributed by atoms with Gasteiger partial charge < -0.3 is 0 Å². The van der Waals surface area contributed by atoms with Crippen LogP contribution in [0.15, 0.2) is 42.5 Å². The summed E-state index contributed by atoms with van der Waals surface area (Å²) in [7, 11) is 0. The monoisotopic (exact) mass is 468 g/mol. The van der Waals surface area contributed by atoms with Gasteiger partial charge in [-0.15, -0.1) is 0 Å². The summed E-state index contributed by atoms with van der Waals surface area (Å²) >= 11 is -2.89. The van der Waals surface area contributed by atoms with Gasteiger partial charge in [0.15, 0.2) is 0 Å². The Morgan fingerprint density at radius 2 is 1.08 bits per heavy atom. The van der Waals surface area contributed by atoms with Gasteiger partial charge in [-0.3, -0.25) is 0 Å². The van der Waals surface area contributed by atoms with E-state index >= 15 is 0 Å². The van der Waals surface area contributed by atoms with E-state index in [1.165, 1.54) is 16.7 Å². The second kappa shape index (κ2) is 7.21. The molecule has 26 heavy (non-hydrogen) atoms. The molecule has 2 aromatic carbocycles. The third-order valence-electron chi connectivity index (χ3n) is 4.71. The first kappa shape index (κ1) is 21.3. The number of hydrogen-bond donors (Lipinski definition) is 0. The molecule has 2 aromatic rings. The zero-order valence-corrected chi connectivity index (χ0v) is 20.2. The van der Waals surface area contributed by atoms with Crippen molar-refractivity contribution in [1.29, 1.82) is 0 Å². The van der Waals surface area contributed by atoms with Crippen LogP contribution in [-0.4, -0.2) is 19.5 Å². The standard InChI is InChI=1S/C24H34OTe/c1-22(2,3)17-15-19(23(4,5)6)21(20(16-17)24(7,8)9)26(25)18-13-11-10-12-14-18/h10-16H,1-9H3. The summed E-state index contributed by atoms with van der Waals surface area (Å²) in [6, 6.07) is 14.7. The van der Waals surface area contributed by atoms with Crippen molar-refractivity contribution < 1.29 is 3.10 Å². The van der Waals surface area contributed by atoms with E-state index in [-0.39, 0.29) is 16.2 Å². The van der Waals surface area contributed by atoms with E-state index in [1.54, 1.807) is 0 Å². The summed E-state index contributed by atoms with van der Waals surface area (Å²) in [6.45, 7) is 20.2. The molecular formula is C24H34OTe. The second-order valence-corrected chi connectivity index (χ2v) is 14.3. The van der Waals surface area contributed by atoms with E-state index < -0.39 is 19.5 Å². The molecule has 0 saturated carbocycles. The molecular weight excluding hydrogens is 432 g/mol. The Balaban J connectivity index is 2.90. The van der Waals surface area contributed by atoms with Crippen molar-refractivity contribution >= 4 is 26.8 Å². The fourth-order valence-electron chi connectivity index (χ4n) is 3.04. The molecule has 0 fully saturated rings. The molecule has 0 N–H and O–H groups in total. The fourth-order valence-corrected chi connectivity index (χ4v) is 8.09. The summed E-state index contributed by atoms with van der Waals surface area (Å²) < 4.78 is 15.9. The Bertz CT molecular complexity index is 762. The molecule has 0 heterocycles. The Hall–Kier alpha value is -0.970. The van der Waals surface area contributed by atoms with Gasteiger partial charge in [0.05, 0.1) is 0 Å². The molecule has 0 aromatic heterocycles. The fraction of sp³-hybridized carbons (Fsp3) is 0.500. The van der Waals surface area contributed by atoms with Gasteiger partial charge in [0.25, 0.3) is 0 Å². The molecule has 0 saturated heterocycles. The Labute approximate surface area is 167 Å². The molecule has 0 spiro atoms. The average Bonchev–Trinajstić information content (AvgIpc) is 2.51. The summed E-state index contributed by atoms with van der Waals surface area (Å²) in [5.41, 5.74) is 3.81. The van der Waals surface area contributed by atoms with Crippen molar-refractivity contribution in [2.75, 3.05) is 0 Å². The van der Waals surface area contributed by atoms with Crippen LogP contribution in [0.2, 0.25) is 0 Å². The normalized spacial score (nSPS) is 13.3. The molecule has 1 nitrogen and oxygen atoms in total. The summed E-state index contributed by atoms with van der Waals surface area (Å²) in [5.74, 6) is 0. The predicted octanol–water partition coefficient (Wildman–Crippen LogP) is 5.12. The van der Waals surface area contributed by atoms with E-state index in [2.05, 4.69) is 74.4 Å². The van der Waals surface area contributed by atoms with Crippen LogP contribution < -0.4 is 7.22 Å². The molecule has 2 heteroatoms. The number of hydrogen-bond acceptors (Lipinski definition) is 1. The zero-order valence-electron chi connectivity index (χ0n) is 17.9. The van der Waals surface area contributed by atoms with Crippen molar-refractivity contribution in [3.05, 3.63) is 59.2 Å². The van der Waals surface area contributed by atoms with Crippen LogP contribution in [-0.2, 0) is 19.3 Å². The molecule has 0 aliphatic heterocycles. The third-order valence-corrected chi connectivity index (χ3v) is 9.03. The van der Waals surface area contributed by atoms with Crippen LogP contribution in [0.3, 0.4) is 0 Å². The van der Waals surface area contributed by atoms with Gasteiger partial charge in [0, 0.05) is 0 Å². The van der Waals surface area contributed by atoms with Gasteiger partial charge in [0.2, 0.25) is 0 Å². The maximum atomic E-state index is 13.8. The zero-order chi connectivity index (χ0) is 19.9. The first-order valence-corrected chi connectivity index (χ1v) is 12.7. The Morgan fingerprint density at radius 3 is 1.42 bits per heavy atom. The van der Waals surface area contributed by atoms with Crippen molar-refractivity contribution in [1.82, 2.24) is 0 Å². The SMILES string of the molecule is CC(C)(C)c1cc(C(C)(C)C)c([Te](=O)c2ccccc2)c(C(C)(C)C)c1. The van der Waals surface area contributed by atoms with E-state index in [9.17, 15) is 3.10 Å². The third kappa shape index (κ3) is 4.65. The molecule has 0 aliphatic carbocycles. The Morgan fingerprint density at radius 1 is 0.654 bits per heavy atom. The van der Waals surface area contributed by atoms with Crippen LogP contribution in [0.25, 0.3) is 0 Å². The molecule has 0 amide bonds. The summed E-state index contributed by atoms with van der Waals surface area (Å²) in [6.07, 6.45) is 0. The van der Waals surface area contributed by atoms with Gasteiger partial charge >= 0.3 is 168 Å². The second-order valence-electron chi connectivity index (χ2n) is 10.2. The van der Waals surface area contributed by atoms with Crippen molar-refractivity contribution in [2.45, 2.75) is 78.6 Å². The number of rotatable bonds is 2. The van der Waals surface area contributed by atoms with Gasteiger partial charge in [-0.1, -0.05) is 0 Å². The quantitative estimate of drug-likeness (QED) is 0.563. The maximum absolute atomic E-state index is 13.8. The first-order valence-electron chi connectivity index (χ1n) is 9.39. The van der Waals surface area contributed by atoms with Crippen LogP contribution in [0.4, 0.5) is 0 Å². The summed E-state index contributed by atoms with van der Waals surface area (Å²) in [5, 5.41) is 0. The molecule has 0 bridgehead atoms. The van der Waals surface area contributed by atoms with E-state index in [0.717, 1.165) is 7.22 Å². The molecule has 2 rings (SSSR count). The van der Waals surface area contributed by atoms with E-state index in [0.29, 0.717) is 0 Å². The van der Waals surface area contributed by atoms with Crippen LogP contribution in [0.1, 0.15) is 79.0 Å². The minimum atomic E-state index is -2.89. The topological polar surface area (TPSA) is 17.1 Å². The van der Waals surface area contributed by atoms with Gasteiger partial charge in [-0.25, -0.2) is 0 Å². The van der Waals surface area contributed by atoms with Crippen molar-refractivity contribution in [3.63, 3.8) is 0 Å². The van der Waals surface area contributed by atoms with Crippen LogP contribution >= 0.6 is 0 Å². The summed E-state index contributed by atoms with van der Waals surface area (Å²) in [4.78, 5) is 0. The number of benzene rings is 2. The van der Waals surface area contributed by atoms with Crippen LogP contribution in [0, 0.1) is 0 Å². The Kier molecular flexibility index (Phi) is 5.92. The average molecular weight is 466 g/mol. The minimum absolute atomic E-state index is 0.0468. The molecule has 142 valence electrons. The van der Waals surface area contributed by atoms with Crippen molar-refractivity contribution in [3.8, 4) is 0 Å². The van der Waals surface area contributed by atoms with Gasteiger partial charge in [0.1, 0.15) is 0 Å². The molecule has 0 aliphatic rings. The van der Waals surface area contributed by atoms with Crippen molar-refractivity contribution in [2.24, 2.45) is 0 Å². The molecule has 0 radical (unpaired) electrons. The first-order chi connectivity index (χ1) is 11.7. The van der Waals surface area contributed by atoms with Gasteiger partial charge in [-0.2, -0.15) is 0 Å². The molecule has 0 atom stereocenters. The van der Waals surface area contributed by atoms with E-state index in [1.807, 2.05) is 30.3 Å².